The maximum atomic E-state index is 5.33. The average Bonchev–Trinajstić information content (AvgIpc) is 3.02. The summed E-state index contributed by atoms with van der Waals surface area (Å²) in [5.74, 6) is 2.21. The van der Waals surface area contributed by atoms with E-state index in [0.29, 0.717) is 18.8 Å². The number of nitrogens with zero attached hydrogens (tertiary/aromatic N) is 2. The van der Waals surface area contributed by atoms with Gasteiger partial charge in [-0.15, -0.1) is 35.3 Å². The predicted octanol–water partition coefficient (Wildman–Crippen LogP) is 3.34. The molecule has 0 radical (unpaired) electrons. The zero-order valence-corrected chi connectivity index (χ0v) is 18.1. The molecule has 1 aromatic carbocycles. The van der Waals surface area contributed by atoms with Crippen LogP contribution in [0.4, 0.5) is 0 Å². The number of thiazole rings is 1. The number of nitrogens with one attached hydrogen (secondary N) is 2. The van der Waals surface area contributed by atoms with Crippen LogP contribution in [-0.4, -0.2) is 31.7 Å². The van der Waals surface area contributed by atoms with Gasteiger partial charge in [-0.1, -0.05) is 6.07 Å². The first kappa shape index (κ1) is 21.5. The molecule has 0 aliphatic rings. The molecule has 0 saturated carbocycles. The summed E-state index contributed by atoms with van der Waals surface area (Å²) in [6.45, 7) is 6.12. The van der Waals surface area contributed by atoms with Crippen LogP contribution in [0.1, 0.15) is 22.4 Å². The lowest BCUT2D eigenvalue weighted by molar-refractivity contribution is 0.354. The number of aryl methyl sites for hydroxylation is 1. The van der Waals surface area contributed by atoms with Gasteiger partial charge in [-0.2, -0.15) is 0 Å². The molecule has 2 N–H and O–H groups in total. The summed E-state index contributed by atoms with van der Waals surface area (Å²) in [5, 5.41) is 7.64. The molecule has 2 aromatic rings. The number of hydrogen-bond acceptors (Lipinski definition) is 5. The Bertz CT molecular complexity index is 691. The summed E-state index contributed by atoms with van der Waals surface area (Å²) in [6.07, 6.45) is 1.89. The number of halogens is 1. The van der Waals surface area contributed by atoms with E-state index in [9.17, 15) is 0 Å². The second-order valence-electron chi connectivity index (χ2n) is 5.08. The molecular formula is C17H25IN4O2S. The van der Waals surface area contributed by atoms with Crippen LogP contribution in [0, 0.1) is 6.92 Å². The molecule has 0 spiro atoms. The molecule has 0 unspecified atom stereocenters. The fraction of sp³-hybridized carbons (Fsp3) is 0.412. The molecule has 0 amide bonds. The zero-order chi connectivity index (χ0) is 17.4. The second-order valence-corrected chi connectivity index (χ2v) is 6.40. The van der Waals surface area contributed by atoms with E-state index in [0.717, 1.165) is 28.8 Å². The highest BCUT2D eigenvalue weighted by Crippen LogP contribution is 2.27. The van der Waals surface area contributed by atoms with Crippen LogP contribution in [0.3, 0.4) is 0 Å². The maximum Gasteiger partial charge on any atom is 0.191 e. The first-order valence-electron chi connectivity index (χ1n) is 7.80. The summed E-state index contributed by atoms with van der Waals surface area (Å²) in [7, 11) is 3.26. The van der Waals surface area contributed by atoms with E-state index < -0.39 is 0 Å². The van der Waals surface area contributed by atoms with Crippen molar-refractivity contribution in [2.45, 2.75) is 26.9 Å². The maximum absolute atomic E-state index is 5.33. The highest BCUT2D eigenvalue weighted by atomic mass is 127. The molecule has 138 valence electrons. The lowest BCUT2D eigenvalue weighted by Crippen LogP contribution is -2.36. The topological polar surface area (TPSA) is 67.8 Å². The van der Waals surface area contributed by atoms with Gasteiger partial charge in [0, 0.05) is 17.6 Å². The molecule has 0 aliphatic carbocycles. The van der Waals surface area contributed by atoms with Crippen LogP contribution in [0.25, 0.3) is 0 Å². The summed E-state index contributed by atoms with van der Waals surface area (Å²) in [5.41, 5.74) is 1.05. The first-order chi connectivity index (χ1) is 11.7. The number of aromatic nitrogens is 1. The molecule has 0 aliphatic heterocycles. The summed E-state index contributed by atoms with van der Waals surface area (Å²) in [6, 6.07) is 5.82. The number of aliphatic imine (C=N–C) groups is 1. The van der Waals surface area contributed by atoms with Gasteiger partial charge in [0.05, 0.1) is 32.3 Å². The van der Waals surface area contributed by atoms with Gasteiger partial charge in [-0.3, -0.25) is 0 Å². The zero-order valence-electron chi connectivity index (χ0n) is 15.0. The monoisotopic (exact) mass is 476 g/mol. The number of methoxy groups -OCH3 is 2. The Morgan fingerprint density at radius 2 is 1.96 bits per heavy atom. The SMILES string of the molecule is CCNC(=NCc1ccc(OC)c(OC)c1)NCc1cnc(C)s1.I. The van der Waals surface area contributed by atoms with Gasteiger partial charge in [0.2, 0.25) is 0 Å². The smallest absolute Gasteiger partial charge is 0.191 e. The molecule has 0 fully saturated rings. The average molecular weight is 476 g/mol. The Labute approximate surface area is 170 Å². The van der Waals surface area contributed by atoms with Gasteiger partial charge in [-0.05, 0) is 31.5 Å². The Morgan fingerprint density at radius 1 is 1.20 bits per heavy atom. The van der Waals surface area contributed by atoms with Crippen molar-refractivity contribution in [1.82, 2.24) is 15.6 Å². The summed E-state index contributed by atoms with van der Waals surface area (Å²) >= 11 is 1.68. The van der Waals surface area contributed by atoms with Gasteiger partial charge >= 0.3 is 0 Å². The van der Waals surface area contributed by atoms with E-state index in [1.807, 2.05) is 38.2 Å². The van der Waals surface area contributed by atoms with Crippen molar-refractivity contribution in [2.75, 3.05) is 20.8 Å². The molecular weight excluding hydrogens is 451 g/mol. The van der Waals surface area contributed by atoms with Crippen molar-refractivity contribution in [3.8, 4) is 11.5 Å². The predicted molar refractivity (Wildman–Crippen MR) is 113 cm³/mol. The lowest BCUT2D eigenvalue weighted by Gasteiger charge is -2.11. The van der Waals surface area contributed by atoms with Gasteiger partial charge < -0.3 is 20.1 Å². The number of benzene rings is 1. The van der Waals surface area contributed by atoms with Gasteiger partial charge in [0.1, 0.15) is 0 Å². The van der Waals surface area contributed by atoms with Crippen molar-refractivity contribution in [3.63, 3.8) is 0 Å². The Kier molecular flexibility index (Phi) is 9.58. The molecule has 1 aromatic heterocycles. The van der Waals surface area contributed by atoms with Crippen LogP contribution in [-0.2, 0) is 13.1 Å². The molecule has 0 saturated heterocycles. The van der Waals surface area contributed by atoms with E-state index in [1.165, 1.54) is 4.88 Å². The van der Waals surface area contributed by atoms with Gasteiger partial charge in [-0.25, -0.2) is 9.98 Å². The summed E-state index contributed by atoms with van der Waals surface area (Å²) < 4.78 is 10.6. The first-order valence-corrected chi connectivity index (χ1v) is 8.62. The molecule has 2 rings (SSSR count). The standard InChI is InChI=1S/C17H24N4O2S.HI/c1-5-18-17(21-11-14-10-19-12(2)24-14)20-9-13-6-7-15(22-3)16(8-13)23-4;/h6-8,10H,5,9,11H2,1-4H3,(H2,18,20,21);1H. The van der Waals surface area contributed by atoms with Gasteiger partial charge in [0.25, 0.3) is 0 Å². The lowest BCUT2D eigenvalue weighted by atomic mass is 10.2. The Morgan fingerprint density at radius 3 is 2.56 bits per heavy atom. The van der Waals surface area contributed by atoms with Crippen molar-refractivity contribution < 1.29 is 9.47 Å². The van der Waals surface area contributed by atoms with Crippen molar-refractivity contribution in [1.29, 1.82) is 0 Å². The van der Waals surface area contributed by atoms with Crippen LogP contribution in [0.15, 0.2) is 29.4 Å². The number of hydrogen-bond donors (Lipinski definition) is 2. The number of ether oxygens (including phenoxy) is 2. The summed E-state index contributed by atoms with van der Waals surface area (Å²) in [4.78, 5) is 10.1. The molecule has 1 heterocycles. The molecule has 6 nitrogen and oxygen atoms in total. The van der Waals surface area contributed by atoms with Crippen molar-refractivity contribution in [2.24, 2.45) is 4.99 Å². The molecule has 25 heavy (non-hydrogen) atoms. The van der Waals surface area contributed by atoms with Crippen LogP contribution >= 0.6 is 35.3 Å². The van der Waals surface area contributed by atoms with Crippen LogP contribution < -0.4 is 20.1 Å². The highest BCUT2D eigenvalue weighted by molar-refractivity contribution is 14.0. The largest absolute Gasteiger partial charge is 0.493 e. The van der Waals surface area contributed by atoms with Crippen molar-refractivity contribution in [3.05, 3.63) is 39.8 Å². The number of rotatable bonds is 7. The molecule has 0 atom stereocenters. The minimum Gasteiger partial charge on any atom is -0.493 e. The Balaban J connectivity index is 0.00000312. The molecule has 0 bridgehead atoms. The normalized spacial score (nSPS) is 10.8. The van der Waals surface area contributed by atoms with E-state index >= 15 is 0 Å². The fourth-order valence-electron chi connectivity index (χ4n) is 2.15. The molecule has 8 heteroatoms. The quantitative estimate of drug-likeness (QED) is 0.365. The Hall–Kier alpha value is -1.55. The van der Waals surface area contributed by atoms with Crippen molar-refractivity contribution >= 4 is 41.3 Å². The fourth-order valence-corrected chi connectivity index (χ4v) is 2.88. The second kappa shape index (κ2) is 11.1. The van der Waals surface area contributed by atoms with E-state index in [2.05, 4.69) is 20.6 Å². The highest BCUT2D eigenvalue weighted by Gasteiger charge is 2.05. The minimum absolute atomic E-state index is 0. The van der Waals surface area contributed by atoms with E-state index in [1.54, 1.807) is 25.6 Å². The van der Waals surface area contributed by atoms with Crippen LogP contribution in [0.2, 0.25) is 0 Å². The third-order valence-corrected chi connectivity index (χ3v) is 4.22. The third-order valence-electron chi connectivity index (χ3n) is 3.31. The van der Waals surface area contributed by atoms with E-state index in [-0.39, 0.29) is 24.0 Å². The van der Waals surface area contributed by atoms with Gasteiger partial charge in [0.15, 0.2) is 17.5 Å². The minimum atomic E-state index is 0. The third kappa shape index (κ3) is 6.69. The van der Waals surface area contributed by atoms with Crippen LogP contribution in [0.5, 0.6) is 11.5 Å². The van der Waals surface area contributed by atoms with E-state index in [4.69, 9.17) is 9.47 Å². The number of guanidine groups is 1.